The molecule has 1 atom stereocenters. The zero-order valence-electron chi connectivity index (χ0n) is 11.6. The second kappa shape index (κ2) is 6.44. The molecule has 120 valence electrons. The molecule has 22 heavy (non-hydrogen) atoms. The number of benzene rings is 1. The van der Waals surface area contributed by atoms with Gasteiger partial charge in [0.25, 0.3) is 0 Å². The number of amides is 1. The van der Waals surface area contributed by atoms with Gasteiger partial charge in [0.1, 0.15) is 5.56 Å². The zero-order chi connectivity index (χ0) is 16.5. The number of nitrogens with zero attached hydrogens (tertiary/aromatic N) is 1. The molecule has 0 saturated carbocycles. The van der Waals surface area contributed by atoms with Gasteiger partial charge in [-0.15, -0.1) is 0 Å². The number of rotatable bonds is 4. The van der Waals surface area contributed by atoms with Crippen molar-refractivity contribution in [3.8, 4) is 0 Å². The molecule has 1 unspecified atom stereocenters. The summed E-state index contributed by atoms with van der Waals surface area (Å²) in [5.41, 5.74) is 0.383. The Balaban J connectivity index is 2.35. The van der Waals surface area contributed by atoms with Gasteiger partial charge in [-0.2, -0.15) is 0 Å². The summed E-state index contributed by atoms with van der Waals surface area (Å²) >= 11 is 6.02. The fourth-order valence-electron chi connectivity index (χ4n) is 2.45. The number of hydrogen-bond acceptors (Lipinski definition) is 5. The Morgan fingerprint density at radius 3 is 2.73 bits per heavy atom. The van der Waals surface area contributed by atoms with Crippen molar-refractivity contribution in [3.05, 3.63) is 28.8 Å². The molecule has 1 amide bonds. The van der Waals surface area contributed by atoms with Crippen LogP contribution in [0.4, 0.5) is 5.69 Å². The van der Waals surface area contributed by atoms with Crippen LogP contribution in [0.5, 0.6) is 0 Å². The molecule has 1 aromatic rings. The minimum absolute atomic E-state index is 0.0407. The van der Waals surface area contributed by atoms with Gasteiger partial charge >= 0.3 is 5.97 Å². The molecule has 1 aliphatic heterocycles. The highest BCUT2D eigenvalue weighted by Crippen LogP contribution is 2.33. The molecule has 0 N–H and O–H groups in total. The minimum Gasteiger partial charge on any atom is -0.465 e. The molecule has 1 aliphatic rings. The summed E-state index contributed by atoms with van der Waals surface area (Å²) in [7, 11) is 2.74. The fourth-order valence-corrected chi connectivity index (χ4v) is 4.02. The van der Waals surface area contributed by atoms with Crippen molar-refractivity contribution in [2.75, 3.05) is 24.3 Å². The monoisotopic (exact) mass is 365 g/mol. The molecular formula is C13H13Cl2NO5S. The summed E-state index contributed by atoms with van der Waals surface area (Å²) in [5, 5.41) is 0.158. The van der Waals surface area contributed by atoms with Crippen molar-refractivity contribution < 1.29 is 22.7 Å². The van der Waals surface area contributed by atoms with Crippen LogP contribution >= 0.6 is 22.3 Å². The summed E-state index contributed by atoms with van der Waals surface area (Å²) in [6, 6.07) is 4.68. The van der Waals surface area contributed by atoms with Crippen LogP contribution in [0.1, 0.15) is 16.8 Å². The van der Waals surface area contributed by atoms with E-state index in [1.54, 1.807) is 12.1 Å². The highest BCUT2D eigenvalue weighted by molar-refractivity contribution is 8.13. The first-order valence-electron chi connectivity index (χ1n) is 6.32. The minimum atomic E-state index is -3.70. The average molecular weight is 366 g/mol. The van der Waals surface area contributed by atoms with Gasteiger partial charge in [0, 0.05) is 29.6 Å². The Bertz CT molecular complexity index is 719. The Kier molecular flexibility index (Phi) is 4.99. The molecule has 9 heteroatoms. The third-order valence-electron chi connectivity index (χ3n) is 3.31. The quantitative estimate of drug-likeness (QED) is 0.602. The van der Waals surface area contributed by atoms with Crippen molar-refractivity contribution in [1.82, 2.24) is 0 Å². The first-order valence-corrected chi connectivity index (χ1v) is 9.18. The molecule has 1 aromatic carbocycles. The van der Waals surface area contributed by atoms with E-state index in [-0.39, 0.29) is 35.2 Å². The van der Waals surface area contributed by atoms with Crippen LogP contribution < -0.4 is 4.90 Å². The first kappa shape index (κ1) is 17.1. The van der Waals surface area contributed by atoms with Gasteiger partial charge in [0.05, 0.1) is 23.6 Å². The van der Waals surface area contributed by atoms with E-state index in [2.05, 4.69) is 4.74 Å². The largest absolute Gasteiger partial charge is 0.465 e. The topological polar surface area (TPSA) is 80.8 Å². The maximum Gasteiger partial charge on any atom is 0.341 e. The van der Waals surface area contributed by atoms with Gasteiger partial charge in [0.15, 0.2) is 0 Å². The number of hydrogen-bond donors (Lipinski definition) is 0. The van der Waals surface area contributed by atoms with Crippen molar-refractivity contribution in [3.63, 3.8) is 0 Å². The summed E-state index contributed by atoms with van der Waals surface area (Å²) in [5.74, 6) is -1.69. The van der Waals surface area contributed by atoms with Gasteiger partial charge < -0.3 is 9.64 Å². The molecule has 0 bridgehead atoms. The molecule has 0 aromatic heterocycles. The number of esters is 1. The van der Waals surface area contributed by atoms with Crippen LogP contribution in [0, 0.1) is 5.92 Å². The van der Waals surface area contributed by atoms with Crippen molar-refractivity contribution in [2.24, 2.45) is 5.92 Å². The van der Waals surface area contributed by atoms with Crippen LogP contribution in [0.15, 0.2) is 18.2 Å². The van der Waals surface area contributed by atoms with E-state index >= 15 is 0 Å². The number of carbonyl (C=O) groups is 2. The third kappa shape index (κ3) is 3.71. The van der Waals surface area contributed by atoms with E-state index in [0.717, 1.165) is 0 Å². The van der Waals surface area contributed by atoms with Crippen LogP contribution in [0.2, 0.25) is 5.02 Å². The van der Waals surface area contributed by atoms with E-state index < -0.39 is 20.9 Å². The van der Waals surface area contributed by atoms with Gasteiger partial charge in [-0.05, 0) is 12.1 Å². The summed E-state index contributed by atoms with van der Waals surface area (Å²) in [6.07, 6.45) is 0.0407. The number of methoxy groups -OCH3 is 1. The van der Waals surface area contributed by atoms with Crippen molar-refractivity contribution in [1.29, 1.82) is 0 Å². The van der Waals surface area contributed by atoms with Crippen LogP contribution in [-0.4, -0.2) is 39.7 Å². The predicted molar refractivity (Wildman–Crippen MR) is 82.9 cm³/mol. The second-order valence-electron chi connectivity index (χ2n) is 4.91. The smallest absolute Gasteiger partial charge is 0.341 e. The molecule has 2 rings (SSSR count). The van der Waals surface area contributed by atoms with Gasteiger partial charge in [-0.25, -0.2) is 13.2 Å². The lowest BCUT2D eigenvalue weighted by Crippen LogP contribution is -2.27. The maximum atomic E-state index is 12.1. The first-order chi connectivity index (χ1) is 10.2. The molecule has 1 heterocycles. The standard InChI is InChI=1S/C13H13Cl2NO5S/c1-21-13(18)12-9(14)3-2-4-10(12)16-6-8(5-11(16)17)7-22(15,19)20/h2-4,8H,5-7H2,1H3. The lowest BCUT2D eigenvalue weighted by Gasteiger charge is -2.20. The van der Waals surface area contributed by atoms with Gasteiger partial charge in [-0.3, -0.25) is 4.79 Å². The second-order valence-corrected chi connectivity index (χ2v) is 8.13. The van der Waals surface area contributed by atoms with Crippen LogP contribution in [0.25, 0.3) is 0 Å². The van der Waals surface area contributed by atoms with E-state index in [4.69, 9.17) is 22.3 Å². The average Bonchev–Trinajstić information content (AvgIpc) is 2.76. The maximum absolute atomic E-state index is 12.1. The van der Waals surface area contributed by atoms with E-state index in [1.165, 1.54) is 18.1 Å². The lowest BCUT2D eigenvalue weighted by molar-refractivity contribution is -0.117. The van der Waals surface area contributed by atoms with E-state index in [9.17, 15) is 18.0 Å². The van der Waals surface area contributed by atoms with Crippen molar-refractivity contribution in [2.45, 2.75) is 6.42 Å². The molecular weight excluding hydrogens is 353 g/mol. The molecule has 1 saturated heterocycles. The lowest BCUT2D eigenvalue weighted by atomic mass is 10.1. The molecule has 0 radical (unpaired) electrons. The Labute approximate surface area is 137 Å². The Morgan fingerprint density at radius 2 is 2.14 bits per heavy atom. The van der Waals surface area contributed by atoms with Crippen LogP contribution in [0.3, 0.4) is 0 Å². The highest BCUT2D eigenvalue weighted by Gasteiger charge is 2.35. The van der Waals surface area contributed by atoms with Crippen LogP contribution in [-0.2, 0) is 18.6 Å². The van der Waals surface area contributed by atoms with E-state index in [0.29, 0.717) is 5.69 Å². The normalized spacial score (nSPS) is 18.6. The summed E-state index contributed by atoms with van der Waals surface area (Å²) in [4.78, 5) is 25.3. The van der Waals surface area contributed by atoms with Gasteiger partial charge in [0.2, 0.25) is 15.0 Å². The predicted octanol–water partition coefficient (Wildman–Crippen LogP) is 2.05. The molecule has 0 spiro atoms. The zero-order valence-corrected chi connectivity index (χ0v) is 13.9. The SMILES string of the molecule is COC(=O)c1c(Cl)cccc1N1CC(CS(=O)(=O)Cl)CC1=O. The highest BCUT2D eigenvalue weighted by atomic mass is 35.7. The molecule has 1 fully saturated rings. The van der Waals surface area contributed by atoms with Crippen molar-refractivity contribution >= 4 is 48.9 Å². The van der Waals surface area contributed by atoms with E-state index in [1.807, 2.05) is 0 Å². The number of ether oxygens (including phenoxy) is 1. The number of halogens is 2. The summed E-state index contributed by atoms with van der Waals surface area (Å²) < 4.78 is 27.0. The van der Waals surface area contributed by atoms with Gasteiger partial charge in [-0.1, -0.05) is 17.7 Å². The third-order valence-corrected chi connectivity index (χ3v) is 4.87. The Hall–Kier alpha value is -1.31. The Morgan fingerprint density at radius 1 is 1.45 bits per heavy atom. The fraction of sp³-hybridized carbons (Fsp3) is 0.385. The molecule has 6 nitrogen and oxygen atoms in total. The molecule has 0 aliphatic carbocycles. The number of anilines is 1. The summed E-state index contributed by atoms with van der Waals surface area (Å²) in [6.45, 7) is 0.148. The number of carbonyl (C=O) groups excluding carboxylic acids is 2.